The first-order chi connectivity index (χ1) is 15.1. The Bertz CT molecular complexity index is 1070. The molecule has 0 bridgehead atoms. The van der Waals surface area contributed by atoms with E-state index >= 15 is 0 Å². The van der Waals surface area contributed by atoms with Gasteiger partial charge in [0.1, 0.15) is 23.1 Å². The maximum atomic E-state index is 12.3. The van der Waals surface area contributed by atoms with Gasteiger partial charge in [-0.1, -0.05) is 0 Å². The van der Waals surface area contributed by atoms with Crippen molar-refractivity contribution in [1.82, 2.24) is 25.2 Å². The van der Waals surface area contributed by atoms with E-state index in [0.717, 1.165) is 31.6 Å². The molecule has 1 fully saturated rings. The number of aromatic nitrogens is 3. The molecule has 0 aromatic carbocycles. The second kappa shape index (κ2) is 9.68. The van der Waals surface area contributed by atoms with Gasteiger partial charge in [-0.2, -0.15) is 5.26 Å². The molecule has 4 rings (SSSR count). The standard InChI is InChI=1S/C21H23N7O2S/c1-14-24-17(15-4-2-7-28(12-15)8-6-22)10-19(25-14)27-21-26-18(13-31-21)20(29)23-11-16-5-3-9-30-16/h3,5,9-10,13,15H,2,4,7-8,11-12H2,1H3,(H,23,29)(H,24,25,26,27)/t15-/m1/s1. The zero-order valence-corrected chi connectivity index (χ0v) is 18.0. The number of carbonyl (C=O) groups is 1. The van der Waals surface area contributed by atoms with E-state index < -0.39 is 0 Å². The van der Waals surface area contributed by atoms with E-state index in [-0.39, 0.29) is 11.8 Å². The molecule has 0 aliphatic carbocycles. The minimum absolute atomic E-state index is 0.264. The van der Waals surface area contributed by atoms with Crippen molar-refractivity contribution in [1.29, 1.82) is 5.26 Å². The van der Waals surface area contributed by atoms with Crippen LogP contribution >= 0.6 is 11.3 Å². The van der Waals surface area contributed by atoms with Gasteiger partial charge in [-0.25, -0.2) is 15.0 Å². The number of piperidine rings is 1. The van der Waals surface area contributed by atoms with Gasteiger partial charge in [0.2, 0.25) is 0 Å². The number of anilines is 2. The van der Waals surface area contributed by atoms with Gasteiger partial charge in [0, 0.05) is 23.9 Å². The van der Waals surface area contributed by atoms with E-state index in [1.54, 1.807) is 23.8 Å². The summed E-state index contributed by atoms with van der Waals surface area (Å²) in [5, 5.41) is 17.3. The Morgan fingerprint density at radius 3 is 3.13 bits per heavy atom. The van der Waals surface area contributed by atoms with Crippen molar-refractivity contribution in [2.75, 3.05) is 25.0 Å². The van der Waals surface area contributed by atoms with Crippen LogP contribution in [0.2, 0.25) is 0 Å². The van der Waals surface area contributed by atoms with Gasteiger partial charge in [-0.3, -0.25) is 9.69 Å². The number of likely N-dealkylation sites (tertiary alicyclic amines) is 1. The molecule has 1 saturated heterocycles. The van der Waals surface area contributed by atoms with E-state index in [9.17, 15) is 4.79 Å². The molecule has 31 heavy (non-hydrogen) atoms. The molecular formula is C21H23N7O2S. The number of nitriles is 1. The Morgan fingerprint density at radius 1 is 1.42 bits per heavy atom. The van der Waals surface area contributed by atoms with Gasteiger partial charge in [-0.05, 0) is 38.4 Å². The molecular weight excluding hydrogens is 414 g/mol. The summed E-state index contributed by atoms with van der Waals surface area (Å²) in [5.41, 5.74) is 1.30. The molecule has 2 N–H and O–H groups in total. The highest BCUT2D eigenvalue weighted by molar-refractivity contribution is 7.14. The van der Waals surface area contributed by atoms with Crippen LogP contribution in [0.25, 0.3) is 0 Å². The third-order valence-electron chi connectivity index (χ3n) is 5.05. The van der Waals surface area contributed by atoms with Crippen LogP contribution in [0.15, 0.2) is 34.3 Å². The predicted molar refractivity (Wildman–Crippen MR) is 116 cm³/mol. The van der Waals surface area contributed by atoms with Gasteiger partial charge < -0.3 is 15.1 Å². The number of rotatable bonds is 7. The molecule has 9 nitrogen and oxygen atoms in total. The second-order valence-electron chi connectivity index (χ2n) is 7.38. The van der Waals surface area contributed by atoms with E-state index in [1.807, 2.05) is 13.0 Å². The number of aryl methyl sites for hydroxylation is 1. The molecule has 3 aromatic heterocycles. The average Bonchev–Trinajstić information content (AvgIpc) is 3.44. The quantitative estimate of drug-likeness (QED) is 0.541. The maximum absolute atomic E-state index is 12.3. The Balaban J connectivity index is 1.41. The van der Waals surface area contributed by atoms with Crippen LogP contribution in [0.3, 0.4) is 0 Å². The van der Waals surface area contributed by atoms with Crippen molar-refractivity contribution in [3.05, 3.63) is 52.8 Å². The molecule has 1 amide bonds. The van der Waals surface area contributed by atoms with Crippen LogP contribution < -0.4 is 10.6 Å². The van der Waals surface area contributed by atoms with Crippen molar-refractivity contribution in [3.63, 3.8) is 0 Å². The summed E-state index contributed by atoms with van der Waals surface area (Å²) in [4.78, 5) is 27.9. The number of furan rings is 1. The zero-order chi connectivity index (χ0) is 21.6. The number of thiazole rings is 1. The lowest BCUT2D eigenvalue weighted by atomic mass is 9.94. The van der Waals surface area contributed by atoms with Crippen LogP contribution in [0, 0.1) is 18.3 Å². The Morgan fingerprint density at radius 2 is 2.32 bits per heavy atom. The molecule has 4 heterocycles. The third kappa shape index (κ3) is 5.45. The molecule has 0 saturated carbocycles. The summed E-state index contributed by atoms with van der Waals surface area (Å²) < 4.78 is 5.22. The fourth-order valence-corrected chi connectivity index (χ4v) is 4.32. The molecule has 1 aliphatic rings. The van der Waals surface area contributed by atoms with Crippen LogP contribution in [-0.2, 0) is 6.54 Å². The number of nitrogens with zero attached hydrogens (tertiary/aromatic N) is 5. The number of hydrogen-bond donors (Lipinski definition) is 2. The number of hydrogen-bond acceptors (Lipinski definition) is 9. The molecule has 0 unspecified atom stereocenters. The number of carbonyl (C=O) groups excluding carboxylic acids is 1. The van der Waals surface area contributed by atoms with Crippen molar-refractivity contribution in [3.8, 4) is 6.07 Å². The van der Waals surface area contributed by atoms with Gasteiger partial charge >= 0.3 is 0 Å². The van der Waals surface area contributed by atoms with Crippen LogP contribution in [0.5, 0.6) is 0 Å². The van der Waals surface area contributed by atoms with Crippen LogP contribution in [0.4, 0.5) is 10.9 Å². The smallest absolute Gasteiger partial charge is 0.271 e. The fourth-order valence-electron chi connectivity index (χ4n) is 3.62. The highest BCUT2D eigenvalue weighted by atomic mass is 32.1. The fraction of sp³-hybridized carbons (Fsp3) is 0.381. The summed E-state index contributed by atoms with van der Waals surface area (Å²) in [5.74, 6) is 2.01. The minimum Gasteiger partial charge on any atom is -0.467 e. The minimum atomic E-state index is -0.264. The summed E-state index contributed by atoms with van der Waals surface area (Å²) in [6.07, 6.45) is 3.65. The van der Waals surface area contributed by atoms with E-state index in [0.29, 0.717) is 41.3 Å². The summed E-state index contributed by atoms with van der Waals surface area (Å²) >= 11 is 1.34. The normalized spacial score (nSPS) is 16.6. The van der Waals surface area contributed by atoms with Gasteiger partial charge in [0.25, 0.3) is 5.91 Å². The van der Waals surface area contributed by atoms with E-state index in [1.165, 1.54) is 11.3 Å². The highest BCUT2D eigenvalue weighted by Crippen LogP contribution is 2.28. The highest BCUT2D eigenvalue weighted by Gasteiger charge is 2.23. The largest absolute Gasteiger partial charge is 0.467 e. The molecule has 1 atom stereocenters. The maximum Gasteiger partial charge on any atom is 0.271 e. The van der Waals surface area contributed by atoms with Crippen molar-refractivity contribution >= 4 is 28.2 Å². The zero-order valence-electron chi connectivity index (χ0n) is 17.2. The lowest BCUT2D eigenvalue weighted by Gasteiger charge is -2.30. The van der Waals surface area contributed by atoms with Crippen molar-refractivity contribution in [2.24, 2.45) is 0 Å². The third-order valence-corrected chi connectivity index (χ3v) is 5.81. The molecule has 10 heteroatoms. The van der Waals surface area contributed by atoms with Gasteiger partial charge in [0.05, 0.1) is 31.1 Å². The molecule has 0 spiro atoms. The first kappa shape index (κ1) is 21.0. The van der Waals surface area contributed by atoms with Crippen molar-refractivity contribution in [2.45, 2.75) is 32.2 Å². The topological polar surface area (TPSA) is 120 Å². The number of amides is 1. The Labute approximate surface area is 184 Å². The molecule has 1 aliphatic heterocycles. The molecule has 3 aromatic rings. The summed E-state index contributed by atoms with van der Waals surface area (Å²) in [6.45, 7) is 4.38. The number of nitrogens with one attached hydrogen (secondary N) is 2. The molecule has 0 radical (unpaired) electrons. The lowest BCUT2D eigenvalue weighted by Crippen LogP contribution is -2.35. The SMILES string of the molecule is Cc1nc(Nc2nc(C(=O)NCc3ccco3)cs2)cc([C@@H]2CCCN(CC#N)C2)n1. The van der Waals surface area contributed by atoms with Crippen molar-refractivity contribution < 1.29 is 9.21 Å². The summed E-state index contributed by atoms with van der Waals surface area (Å²) in [7, 11) is 0. The summed E-state index contributed by atoms with van der Waals surface area (Å²) in [6, 6.07) is 7.74. The van der Waals surface area contributed by atoms with Crippen LogP contribution in [0.1, 0.15) is 46.5 Å². The lowest BCUT2D eigenvalue weighted by molar-refractivity contribution is 0.0944. The monoisotopic (exact) mass is 437 g/mol. The average molecular weight is 438 g/mol. The van der Waals surface area contributed by atoms with Gasteiger partial charge in [0.15, 0.2) is 5.13 Å². The predicted octanol–water partition coefficient (Wildman–Crippen LogP) is 3.21. The Kier molecular flexibility index (Phi) is 6.54. The molecule has 160 valence electrons. The van der Waals surface area contributed by atoms with Crippen LogP contribution in [-0.4, -0.2) is 45.4 Å². The van der Waals surface area contributed by atoms with E-state index in [2.05, 4.69) is 36.6 Å². The van der Waals surface area contributed by atoms with E-state index in [4.69, 9.17) is 9.68 Å². The first-order valence-corrected chi connectivity index (χ1v) is 11.0. The van der Waals surface area contributed by atoms with Gasteiger partial charge in [-0.15, -0.1) is 11.3 Å². The second-order valence-corrected chi connectivity index (χ2v) is 8.24. The first-order valence-electron chi connectivity index (χ1n) is 10.1. The Hall–Kier alpha value is -3.29.